The summed E-state index contributed by atoms with van der Waals surface area (Å²) in [7, 11) is 1.98. The molecule has 5 heteroatoms. The van der Waals surface area contributed by atoms with Crippen LogP contribution in [-0.2, 0) is 24.7 Å². The maximum atomic E-state index is 12.0. The zero-order chi connectivity index (χ0) is 16.2. The van der Waals surface area contributed by atoms with Crippen molar-refractivity contribution in [2.75, 3.05) is 6.54 Å². The van der Waals surface area contributed by atoms with Gasteiger partial charge in [-0.25, -0.2) is 4.98 Å². The van der Waals surface area contributed by atoms with Crippen molar-refractivity contribution in [2.24, 2.45) is 7.05 Å². The van der Waals surface area contributed by atoms with Crippen LogP contribution in [0.3, 0.4) is 0 Å². The second-order valence-corrected chi connectivity index (χ2v) is 5.98. The number of hydrogen-bond acceptors (Lipinski definition) is 2. The van der Waals surface area contributed by atoms with Crippen LogP contribution in [0.25, 0.3) is 11.0 Å². The summed E-state index contributed by atoms with van der Waals surface area (Å²) in [5, 5.41) is 4.79. The number of benzene rings is 1. The number of fused-ring (bicyclic) bond motifs is 1. The molecule has 0 aliphatic carbocycles. The Morgan fingerprint density at radius 3 is 2.83 bits per heavy atom. The van der Waals surface area contributed by atoms with Crippen LogP contribution < -0.4 is 5.32 Å². The van der Waals surface area contributed by atoms with Crippen molar-refractivity contribution in [1.29, 1.82) is 0 Å². The molecule has 0 radical (unpaired) electrons. The number of aryl methyl sites for hydroxylation is 1. The third-order valence-corrected chi connectivity index (χ3v) is 4.06. The van der Waals surface area contributed by atoms with E-state index in [9.17, 15) is 4.79 Å². The van der Waals surface area contributed by atoms with Gasteiger partial charge in [0, 0.05) is 36.4 Å². The van der Waals surface area contributed by atoms with Crippen molar-refractivity contribution in [3.8, 4) is 0 Å². The average Bonchev–Trinajstić information content (AvgIpc) is 2.87. The van der Waals surface area contributed by atoms with Crippen molar-refractivity contribution in [3.05, 3.63) is 64.9 Å². The van der Waals surface area contributed by atoms with E-state index in [0.29, 0.717) is 18.0 Å². The molecule has 23 heavy (non-hydrogen) atoms. The zero-order valence-electron chi connectivity index (χ0n) is 12.9. The third-order valence-electron chi connectivity index (χ3n) is 3.81. The minimum absolute atomic E-state index is 0.0192. The molecule has 0 aliphatic heterocycles. The number of nitrogens with zero attached hydrogens (tertiary/aromatic N) is 2. The molecule has 0 fully saturated rings. The second kappa shape index (κ2) is 6.84. The van der Waals surface area contributed by atoms with Gasteiger partial charge >= 0.3 is 0 Å². The summed E-state index contributed by atoms with van der Waals surface area (Å²) in [6, 6.07) is 11.3. The average molecular weight is 328 g/mol. The van der Waals surface area contributed by atoms with Crippen molar-refractivity contribution >= 4 is 28.5 Å². The van der Waals surface area contributed by atoms with Crippen molar-refractivity contribution in [1.82, 2.24) is 14.9 Å². The van der Waals surface area contributed by atoms with Crippen LogP contribution in [0.5, 0.6) is 0 Å². The molecular formula is C18H18ClN3O. The van der Waals surface area contributed by atoms with E-state index in [0.717, 1.165) is 23.0 Å². The van der Waals surface area contributed by atoms with Gasteiger partial charge in [-0.2, -0.15) is 0 Å². The summed E-state index contributed by atoms with van der Waals surface area (Å²) in [4.78, 5) is 16.4. The van der Waals surface area contributed by atoms with Gasteiger partial charge < -0.3 is 9.88 Å². The standard InChI is InChI=1S/C18H18ClN3O/c1-22-12-14(16-3-2-9-21-18(16)22)8-10-20-17(23)11-13-4-6-15(19)7-5-13/h2-7,9,12H,8,10-11H2,1H3,(H,20,23). The molecule has 3 rings (SSSR count). The molecule has 0 saturated carbocycles. The molecule has 4 nitrogen and oxygen atoms in total. The summed E-state index contributed by atoms with van der Waals surface area (Å²) in [6.45, 7) is 0.612. The molecule has 0 spiro atoms. The summed E-state index contributed by atoms with van der Waals surface area (Å²) in [5.41, 5.74) is 3.12. The molecular weight excluding hydrogens is 310 g/mol. The normalized spacial score (nSPS) is 10.9. The van der Waals surface area contributed by atoms with Crippen LogP contribution in [0.2, 0.25) is 5.02 Å². The fourth-order valence-corrected chi connectivity index (χ4v) is 2.81. The highest BCUT2D eigenvalue weighted by molar-refractivity contribution is 6.30. The van der Waals surface area contributed by atoms with Gasteiger partial charge in [0.1, 0.15) is 5.65 Å². The number of hydrogen-bond donors (Lipinski definition) is 1. The third kappa shape index (κ3) is 3.71. The molecule has 118 valence electrons. The summed E-state index contributed by atoms with van der Waals surface area (Å²) in [6.07, 6.45) is 5.02. The van der Waals surface area contributed by atoms with Crippen molar-refractivity contribution in [3.63, 3.8) is 0 Å². The minimum atomic E-state index is 0.0192. The van der Waals surface area contributed by atoms with Gasteiger partial charge in [0.2, 0.25) is 5.91 Å². The number of rotatable bonds is 5. The van der Waals surface area contributed by atoms with E-state index in [1.807, 2.05) is 29.8 Å². The molecule has 0 saturated heterocycles. The first-order valence-electron chi connectivity index (χ1n) is 7.53. The van der Waals surface area contributed by atoms with Gasteiger partial charge in [-0.3, -0.25) is 4.79 Å². The zero-order valence-corrected chi connectivity index (χ0v) is 13.7. The van der Waals surface area contributed by atoms with Gasteiger partial charge in [0.15, 0.2) is 0 Å². The van der Waals surface area contributed by atoms with Gasteiger partial charge in [0.05, 0.1) is 6.42 Å². The molecule has 2 aromatic heterocycles. The molecule has 1 N–H and O–H groups in total. The van der Waals surface area contributed by atoms with Gasteiger partial charge in [-0.15, -0.1) is 0 Å². The lowest BCUT2D eigenvalue weighted by atomic mass is 10.1. The van der Waals surface area contributed by atoms with Crippen molar-refractivity contribution < 1.29 is 4.79 Å². The quantitative estimate of drug-likeness (QED) is 0.782. The Morgan fingerprint density at radius 2 is 2.04 bits per heavy atom. The molecule has 1 amide bonds. The van der Waals surface area contributed by atoms with E-state index >= 15 is 0 Å². The predicted molar refractivity (Wildman–Crippen MR) is 92.6 cm³/mol. The van der Waals surface area contributed by atoms with E-state index in [2.05, 4.69) is 22.6 Å². The van der Waals surface area contributed by atoms with Crippen LogP contribution in [0, 0.1) is 0 Å². The van der Waals surface area contributed by atoms with E-state index < -0.39 is 0 Å². The smallest absolute Gasteiger partial charge is 0.224 e. The SMILES string of the molecule is Cn1cc(CCNC(=O)Cc2ccc(Cl)cc2)c2cccnc21. The number of aromatic nitrogens is 2. The van der Waals surface area contributed by atoms with Crippen LogP contribution in [0.4, 0.5) is 0 Å². The van der Waals surface area contributed by atoms with E-state index in [1.54, 1.807) is 18.3 Å². The fraction of sp³-hybridized carbons (Fsp3) is 0.222. The van der Waals surface area contributed by atoms with E-state index in [-0.39, 0.29) is 5.91 Å². The van der Waals surface area contributed by atoms with E-state index in [4.69, 9.17) is 11.6 Å². The minimum Gasteiger partial charge on any atom is -0.355 e. The Labute approximate surface area is 140 Å². The predicted octanol–water partition coefficient (Wildman–Crippen LogP) is 3.13. The first-order valence-corrected chi connectivity index (χ1v) is 7.91. The first-order chi connectivity index (χ1) is 11.1. The summed E-state index contributed by atoms with van der Waals surface area (Å²) in [5.74, 6) is 0.0192. The Hall–Kier alpha value is -2.33. The second-order valence-electron chi connectivity index (χ2n) is 5.54. The number of halogens is 1. The highest BCUT2D eigenvalue weighted by Crippen LogP contribution is 2.18. The number of carbonyl (C=O) groups is 1. The topological polar surface area (TPSA) is 46.9 Å². The van der Waals surface area contributed by atoms with Gasteiger partial charge in [-0.05, 0) is 41.8 Å². The number of pyridine rings is 1. The maximum Gasteiger partial charge on any atom is 0.224 e. The fourth-order valence-electron chi connectivity index (χ4n) is 2.68. The number of amides is 1. The lowest BCUT2D eigenvalue weighted by Crippen LogP contribution is -2.27. The largest absolute Gasteiger partial charge is 0.355 e. The van der Waals surface area contributed by atoms with Crippen LogP contribution in [0.1, 0.15) is 11.1 Å². The van der Waals surface area contributed by atoms with Crippen LogP contribution in [0.15, 0.2) is 48.8 Å². The monoisotopic (exact) mass is 327 g/mol. The maximum absolute atomic E-state index is 12.0. The Kier molecular flexibility index (Phi) is 4.63. The number of nitrogens with one attached hydrogen (secondary N) is 1. The molecule has 1 aromatic carbocycles. The molecule has 0 unspecified atom stereocenters. The molecule has 0 bridgehead atoms. The Bertz CT molecular complexity index is 824. The Balaban J connectivity index is 1.56. The highest BCUT2D eigenvalue weighted by Gasteiger charge is 2.08. The lowest BCUT2D eigenvalue weighted by Gasteiger charge is -2.05. The van der Waals surface area contributed by atoms with Gasteiger partial charge in [-0.1, -0.05) is 23.7 Å². The number of carbonyl (C=O) groups excluding carboxylic acids is 1. The van der Waals surface area contributed by atoms with Crippen molar-refractivity contribution in [2.45, 2.75) is 12.8 Å². The van der Waals surface area contributed by atoms with Crippen LogP contribution >= 0.6 is 11.6 Å². The Morgan fingerprint density at radius 1 is 1.26 bits per heavy atom. The molecule has 0 aliphatic rings. The summed E-state index contributed by atoms with van der Waals surface area (Å²) >= 11 is 5.84. The van der Waals surface area contributed by atoms with Crippen LogP contribution in [-0.4, -0.2) is 22.0 Å². The highest BCUT2D eigenvalue weighted by atomic mass is 35.5. The first kappa shape index (κ1) is 15.6. The summed E-state index contributed by atoms with van der Waals surface area (Å²) < 4.78 is 2.01. The van der Waals surface area contributed by atoms with E-state index in [1.165, 1.54) is 5.56 Å². The molecule has 2 heterocycles. The van der Waals surface area contributed by atoms with Gasteiger partial charge in [0.25, 0.3) is 0 Å². The molecule has 3 aromatic rings. The molecule has 0 atom stereocenters. The lowest BCUT2D eigenvalue weighted by molar-refractivity contribution is -0.120.